The molecule has 0 aromatic heterocycles. The first kappa shape index (κ1) is 13.4. The van der Waals surface area contributed by atoms with Crippen LogP contribution in [0.1, 0.15) is 6.92 Å². The predicted octanol–water partition coefficient (Wildman–Crippen LogP) is 1.23. The van der Waals surface area contributed by atoms with Gasteiger partial charge in [-0.05, 0) is 25.1 Å². The summed E-state index contributed by atoms with van der Waals surface area (Å²) in [5, 5.41) is 3.81. The number of nitrogens with zero attached hydrogens (tertiary/aromatic N) is 1. The van der Waals surface area contributed by atoms with Crippen molar-refractivity contribution in [1.82, 2.24) is 5.06 Å². The first-order valence-corrected chi connectivity index (χ1v) is 5.08. The second-order valence-corrected chi connectivity index (χ2v) is 3.63. The molecule has 94 valence electrons. The lowest BCUT2D eigenvalue weighted by Crippen LogP contribution is -2.39. The fourth-order valence-electron chi connectivity index (χ4n) is 1.20. The van der Waals surface area contributed by atoms with Crippen molar-refractivity contribution in [3.63, 3.8) is 0 Å². The van der Waals surface area contributed by atoms with Crippen molar-refractivity contribution in [1.29, 1.82) is 0 Å². The minimum atomic E-state index is -0.541. The number of carbonyl (C=O) groups is 1. The number of carbonyl (C=O) groups excluding carboxylic acids is 1. The minimum absolute atomic E-state index is 0.0614. The maximum absolute atomic E-state index is 13.4. The molecule has 1 amide bonds. The van der Waals surface area contributed by atoms with Gasteiger partial charge in [0.2, 0.25) is 5.91 Å². The van der Waals surface area contributed by atoms with Gasteiger partial charge in [0.05, 0.1) is 12.8 Å². The van der Waals surface area contributed by atoms with Crippen LogP contribution in [0, 0.1) is 5.82 Å². The molecule has 1 aromatic carbocycles. The second-order valence-electron chi connectivity index (χ2n) is 3.63. The standard InChI is InChI=1S/C11H16FN3O2/c1-7(15(2)17-3)11(16)14-10-6-8(13)4-5-9(10)12/h4-7H,13H2,1-3H3,(H,14,16). The number of benzene rings is 1. The number of rotatable bonds is 4. The van der Waals surface area contributed by atoms with Crippen LogP contribution in [0.4, 0.5) is 15.8 Å². The number of amides is 1. The number of nitrogen functional groups attached to an aromatic ring is 1. The maximum Gasteiger partial charge on any atom is 0.243 e. The van der Waals surface area contributed by atoms with Crippen LogP contribution in [0.5, 0.6) is 0 Å². The molecule has 0 bridgehead atoms. The van der Waals surface area contributed by atoms with Crippen LogP contribution in [0.2, 0.25) is 0 Å². The van der Waals surface area contributed by atoms with Gasteiger partial charge in [-0.1, -0.05) is 0 Å². The Morgan fingerprint density at radius 3 is 2.82 bits per heavy atom. The summed E-state index contributed by atoms with van der Waals surface area (Å²) < 4.78 is 13.4. The van der Waals surface area contributed by atoms with Crippen molar-refractivity contribution in [2.75, 3.05) is 25.2 Å². The van der Waals surface area contributed by atoms with Crippen LogP contribution in [0.15, 0.2) is 18.2 Å². The van der Waals surface area contributed by atoms with Crippen LogP contribution >= 0.6 is 0 Å². The number of anilines is 2. The summed E-state index contributed by atoms with van der Waals surface area (Å²) in [5.41, 5.74) is 5.96. The van der Waals surface area contributed by atoms with E-state index < -0.39 is 11.9 Å². The molecule has 0 aliphatic rings. The van der Waals surface area contributed by atoms with Gasteiger partial charge in [0.1, 0.15) is 11.9 Å². The summed E-state index contributed by atoms with van der Waals surface area (Å²) in [6.45, 7) is 1.64. The van der Waals surface area contributed by atoms with E-state index in [0.29, 0.717) is 5.69 Å². The third-order valence-electron chi connectivity index (χ3n) is 2.46. The van der Waals surface area contributed by atoms with Crippen molar-refractivity contribution in [2.24, 2.45) is 0 Å². The topological polar surface area (TPSA) is 67.6 Å². The summed E-state index contributed by atoms with van der Waals surface area (Å²) in [6.07, 6.45) is 0. The van der Waals surface area contributed by atoms with Gasteiger partial charge in [0.25, 0.3) is 0 Å². The van der Waals surface area contributed by atoms with Gasteiger partial charge < -0.3 is 15.9 Å². The molecular formula is C11H16FN3O2. The molecule has 3 N–H and O–H groups in total. The predicted molar refractivity (Wildman–Crippen MR) is 63.7 cm³/mol. The molecule has 1 unspecified atom stereocenters. The molecule has 0 radical (unpaired) electrons. The molecule has 1 rings (SSSR count). The van der Waals surface area contributed by atoms with Crippen LogP contribution in [0.3, 0.4) is 0 Å². The highest BCUT2D eigenvalue weighted by molar-refractivity contribution is 5.94. The number of halogens is 1. The van der Waals surface area contributed by atoms with E-state index in [1.165, 1.54) is 30.4 Å². The second kappa shape index (κ2) is 5.60. The number of hydrogen-bond donors (Lipinski definition) is 2. The van der Waals surface area contributed by atoms with Gasteiger partial charge in [-0.2, -0.15) is 5.06 Å². The highest BCUT2D eigenvalue weighted by atomic mass is 19.1. The van der Waals surface area contributed by atoms with Crippen molar-refractivity contribution >= 4 is 17.3 Å². The molecule has 1 aromatic rings. The molecule has 1 atom stereocenters. The molecule has 0 spiro atoms. The maximum atomic E-state index is 13.4. The van der Waals surface area contributed by atoms with Gasteiger partial charge in [0, 0.05) is 12.7 Å². The quantitative estimate of drug-likeness (QED) is 0.614. The van der Waals surface area contributed by atoms with Crippen molar-refractivity contribution in [3.05, 3.63) is 24.0 Å². The van der Waals surface area contributed by atoms with Gasteiger partial charge in [-0.3, -0.25) is 4.79 Å². The zero-order chi connectivity index (χ0) is 13.0. The van der Waals surface area contributed by atoms with Crippen molar-refractivity contribution < 1.29 is 14.0 Å². The summed E-state index contributed by atoms with van der Waals surface area (Å²) in [7, 11) is 3.06. The van der Waals surface area contributed by atoms with Crippen molar-refractivity contribution in [3.8, 4) is 0 Å². The average Bonchev–Trinajstić information content (AvgIpc) is 2.31. The van der Waals surface area contributed by atoms with Gasteiger partial charge in [0.15, 0.2) is 0 Å². The van der Waals surface area contributed by atoms with E-state index in [4.69, 9.17) is 10.6 Å². The number of nitrogens with one attached hydrogen (secondary N) is 1. The third kappa shape index (κ3) is 3.40. The van der Waals surface area contributed by atoms with E-state index in [1.54, 1.807) is 14.0 Å². The molecule has 0 saturated carbocycles. The number of hydrogen-bond acceptors (Lipinski definition) is 4. The first-order chi connectivity index (χ1) is 7.95. The average molecular weight is 241 g/mol. The lowest BCUT2D eigenvalue weighted by Gasteiger charge is -2.21. The lowest BCUT2D eigenvalue weighted by atomic mass is 10.2. The Labute approximate surface area is 99.3 Å². The molecule has 0 aliphatic heterocycles. The van der Waals surface area contributed by atoms with Gasteiger partial charge in [-0.25, -0.2) is 4.39 Å². The van der Waals surface area contributed by atoms with Crippen LogP contribution < -0.4 is 11.1 Å². The molecule has 0 fully saturated rings. The van der Waals surface area contributed by atoms with Crippen LogP contribution in [-0.2, 0) is 9.63 Å². The summed E-state index contributed by atoms with van der Waals surface area (Å²) in [5.74, 6) is -0.904. The molecular weight excluding hydrogens is 225 g/mol. The fourth-order valence-corrected chi connectivity index (χ4v) is 1.20. The summed E-state index contributed by atoms with van der Waals surface area (Å²) in [4.78, 5) is 16.6. The zero-order valence-electron chi connectivity index (χ0n) is 10.0. The Kier molecular flexibility index (Phi) is 4.42. The third-order valence-corrected chi connectivity index (χ3v) is 2.46. The molecule has 5 nitrogen and oxygen atoms in total. The zero-order valence-corrected chi connectivity index (χ0v) is 10.0. The SMILES string of the molecule is CON(C)C(C)C(=O)Nc1cc(N)ccc1F. The minimum Gasteiger partial charge on any atom is -0.399 e. The van der Waals surface area contributed by atoms with Gasteiger partial charge in [-0.15, -0.1) is 0 Å². The molecule has 0 heterocycles. The molecule has 0 aliphatic carbocycles. The monoisotopic (exact) mass is 241 g/mol. The van der Waals surface area contributed by atoms with E-state index in [1.807, 2.05) is 0 Å². The number of likely N-dealkylation sites (N-methyl/N-ethyl adjacent to an activating group) is 1. The fraction of sp³-hybridized carbons (Fsp3) is 0.364. The van der Waals surface area contributed by atoms with E-state index in [2.05, 4.69) is 5.32 Å². The molecule has 6 heteroatoms. The smallest absolute Gasteiger partial charge is 0.243 e. The highest BCUT2D eigenvalue weighted by Crippen LogP contribution is 2.17. The van der Waals surface area contributed by atoms with Gasteiger partial charge >= 0.3 is 0 Å². The Bertz CT molecular complexity index is 412. The normalized spacial score (nSPS) is 12.5. The Morgan fingerprint density at radius 1 is 1.59 bits per heavy atom. The molecule has 17 heavy (non-hydrogen) atoms. The Balaban J connectivity index is 2.77. The summed E-state index contributed by atoms with van der Waals surface area (Å²) >= 11 is 0. The van der Waals surface area contributed by atoms with E-state index in [-0.39, 0.29) is 11.6 Å². The van der Waals surface area contributed by atoms with E-state index >= 15 is 0 Å². The Morgan fingerprint density at radius 2 is 2.24 bits per heavy atom. The highest BCUT2D eigenvalue weighted by Gasteiger charge is 2.19. The summed E-state index contributed by atoms with van der Waals surface area (Å²) in [6, 6.07) is 3.46. The number of nitrogens with two attached hydrogens (primary N) is 1. The largest absolute Gasteiger partial charge is 0.399 e. The first-order valence-electron chi connectivity index (χ1n) is 5.08. The Hall–Kier alpha value is -1.66. The van der Waals surface area contributed by atoms with E-state index in [9.17, 15) is 9.18 Å². The van der Waals surface area contributed by atoms with Crippen molar-refractivity contribution in [2.45, 2.75) is 13.0 Å². The van der Waals surface area contributed by atoms with E-state index in [0.717, 1.165) is 0 Å². The van der Waals surface area contributed by atoms with Crippen LogP contribution in [0.25, 0.3) is 0 Å². The van der Waals surface area contributed by atoms with Crippen LogP contribution in [-0.4, -0.2) is 31.2 Å². The molecule has 0 saturated heterocycles. The lowest BCUT2D eigenvalue weighted by molar-refractivity contribution is -0.154. The number of hydroxylamine groups is 2.